The Morgan fingerprint density at radius 1 is 0.326 bits per heavy atom. The molecule has 1 aromatic rings. The van der Waals surface area contributed by atoms with Gasteiger partial charge in [0.1, 0.15) is 5.75 Å². The molecule has 0 radical (unpaired) electrons. The third-order valence-electron chi connectivity index (χ3n) is 9.88. The average Bonchev–Trinajstić information content (AvgIpc) is 3.01. The second-order valence-corrected chi connectivity index (χ2v) is 14.0. The normalized spacial score (nSPS) is 11.5. The molecule has 0 aliphatic rings. The Morgan fingerprint density at radius 2 is 0.605 bits per heavy atom. The molecule has 0 aromatic heterocycles. The van der Waals surface area contributed by atoms with Gasteiger partial charge in [-0.15, -0.1) is 0 Å². The lowest BCUT2D eigenvalue weighted by Crippen LogP contribution is -2.07. The summed E-state index contributed by atoms with van der Waals surface area (Å²) in [4.78, 5) is 0. The highest BCUT2D eigenvalue weighted by Crippen LogP contribution is 2.34. The minimum Gasteiger partial charge on any atom is -0.508 e. The quantitative estimate of drug-likeness (QED) is 0.0818. The van der Waals surface area contributed by atoms with E-state index in [1.54, 1.807) is 11.1 Å². The van der Waals surface area contributed by atoms with Crippen LogP contribution >= 0.6 is 0 Å². The maximum Gasteiger partial charge on any atom is 0.119 e. The number of hydrogen-bond acceptors (Lipinski definition) is 1. The molecule has 0 heterocycles. The first-order chi connectivity index (χ1) is 21.2. The molecule has 1 nitrogen and oxygen atoms in total. The maximum atomic E-state index is 11.5. The van der Waals surface area contributed by atoms with Crippen molar-refractivity contribution in [2.75, 3.05) is 0 Å². The summed E-state index contributed by atoms with van der Waals surface area (Å²) in [5, 5.41) is 11.5. The van der Waals surface area contributed by atoms with E-state index in [0.717, 1.165) is 12.8 Å². The first-order valence-corrected chi connectivity index (χ1v) is 20.0. The van der Waals surface area contributed by atoms with Crippen LogP contribution in [0.25, 0.3) is 0 Å². The number of phenols is 1. The second kappa shape index (κ2) is 29.7. The van der Waals surface area contributed by atoms with Gasteiger partial charge in [0.15, 0.2) is 0 Å². The highest BCUT2D eigenvalue weighted by atomic mass is 16.3. The zero-order valence-electron chi connectivity index (χ0n) is 30.2. The van der Waals surface area contributed by atoms with Crippen molar-refractivity contribution in [3.63, 3.8) is 0 Å². The van der Waals surface area contributed by atoms with Gasteiger partial charge in [-0.25, -0.2) is 0 Å². The predicted molar refractivity (Wildman–Crippen MR) is 195 cm³/mol. The van der Waals surface area contributed by atoms with E-state index in [0.29, 0.717) is 5.75 Å². The summed E-state index contributed by atoms with van der Waals surface area (Å²) in [5.74, 6) is 0.630. The summed E-state index contributed by atoms with van der Waals surface area (Å²) >= 11 is 0. The molecule has 0 bridgehead atoms. The van der Waals surface area contributed by atoms with Gasteiger partial charge in [0.05, 0.1) is 0 Å². The summed E-state index contributed by atoms with van der Waals surface area (Å²) in [6, 6.07) is 2.23. The zero-order chi connectivity index (χ0) is 31.2. The first kappa shape index (κ1) is 40.0. The minimum absolute atomic E-state index is 0.630. The van der Waals surface area contributed by atoms with E-state index in [2.05, 4.69) is 33.8 Å². The molecular formula is C42H78O. The van der Waals surface area contributed by atoms with E-state index in [-0.39, 0.29) is 0 Å². The SMILES string of the molecule is CCCCCCCCCc1cc(O)c(CCCCCCCCC)c(CCCCCCCCC)c1CCCCCCCCC. The van der Waals surface area contributed by atoms with Crippen LogP contribution in [-0.2, 0) is 25.7 Å². The summed E-state index contributed by atoms with van der Waals surface area (Å²) in [7, 11) is 0. The summed E-state index contributed by atoms with van der Waals surface area (Å²) in [6.07, 6.45) is 42.7. The van der Waals surface area contributed by atoms with Crippen LogP contribution in [-0.4, -0.2) is 5.11 Å². The molecular weight excluding hydrogens is 520 g/mol. The molecule has 1 rings (SSSR count). The van der Waals surface area contributed by atoms with E-state index in [1.165, 1.54) is 204 Å². The topological polar surface area (TPSA) is 20.2 Å². The molecule has 0 aliphatic carbocycles. The Morgan fingerprint density at radius 3 is 0.977 bits per heavy atom. The fraction of sp³-hybridized carbons (Fsp3) is 0.857. The molecule has 43 heavy (non-hydrogen) atoms. The van der Waals surface area contributed by atoms with E-state index in [4.69, 9.17) is 0 Å². The molecule has 0 saturated heterocycles. The number of rotatable bonds is 32. The lowest BCUT2D eigenvalue weighted by molar-refractivity contribution is 0.462. The molecule has 0 unspecified atom stereocenters. The van der Waals surface area contributed by atoms with Gasteiger partial charge in [-0.05, 0) is 79.7 Å². The summed E-state index contributed by atoms with van der Waals surface area (Å²) in [6.45, 7) is 9.23. The molecule has 0 atom stereocenters. The average molecular weight is 599 g/mol. The molecule has 1 aromatic carbocycles. The van der Waals surface area contributed by atoms with Crippen molar-refractivity contribution in [1.29, 1.82) is 0 Å². The van der Waals surface area contributed by atoms with Gasteiger partial charge in [0.25, 0.3) is 0 Å². The highest BCUT2D eigenvalue weighted by Gasteiger charge is 2.18. The molecule has 0 amide bonds. The molecule has 0 aliphatic heterocycles. The van der Waals surface area contributed by atoms with Crippen molar-refractivity contribution < 1.29 is 5.11 Å². The zero-order valence-corrected chi connectivity index (χ0v) is 30.2. The van der Waals surface area contributed by atoms with Crippen LogP contribution in [0.1, 0.15) is 230 Å². The van der Waals surface area contributed by atoms with Crippen LogP contribution < -0.4 is 0 Å². The van der Waals surface area contributed by atoms with Crippen LogP contribution in [0.2, 0.25) is 0 Å². The fourth-order valence-corrected chi connectivity index (χ4v) is 7.03. The first-order valence-electron chi connectivity index (χ1n) is 20.0. The van der Waals surface area contributed by atoms with Gasteiger partial charge in [0, 0.05) is 0 Å². The van der Waals surface area contributed by atoms with Crippen molar-refractivity contribution in [2.45, 2.75) is 233 Å². The van der Waals surface area contributed by atoms with Gasteiger partial charge in [-0.1, -0.05) is 182 Å². The lowest BCUT2D eigenvalue weighted by atomic mass is 9.85. The molecule has 1 heteroatoms. The smallest absolute Gasteiger partial charge is 0.119 e. The van der Waals surface area contributed by atoms with E-state index < -0.39 is 0 Å². The molecule has 0 spiro atoms. The molecule has 252 valence electrons. The Kier molecular flexibility index (Phi) is 27.7. The van der Waals surface area contributed by atoms with Gasteiger partial charge in [-0.3, -0.25) is 0 Å². The number of phenolic OH excluding ortho intramolecular Hbond substituents is 1. The summed E-state index contributed by atoms with van der Waals surface area (Å²) in [5.41, 5.74) is 6.09. The highest BCUT2D eigenvalue weighted by molar-refractivity contribution is 5.50. The Balaban J connectivity index is 2.99. The van der Waals surface area contributed by atoms with Gasteiger partial charge >= 0.3 is 0 Å². The van der Waals surface area contributed by atoms with E-state index in [9.17, 15) is 5.11 Å². The third-order valence-corrected chi connectivity index (χ3v) is 9.88. The predicted octanol–water partition coefficient (Wildman–Crippen LogP) is 14.6. The number of aromatic hydroxyl groups is 1. The van der Waals surface area contributed by atoms with Crippen LogP contribution in [0.5, 0.6) is 5.75 Å². The molecule has 0 saturated carbocycles. The number of unbranched alkanes of at least 4 members (excludes halogenated alkanes) is 24. The van der Waals surface area contributed by atoms with Gasteiger partial charge in [-0.2, -0.15) is 0 Å². The largest absolute Gasteiger partial charge is 0.508 e. The van der Waals surface area contributed by atoms with Crippen LogP contribution in [0.4, 0.5) is 0 Å². The van der Waals surface area contributed by atoms with E-state index in [1.807, 2.05) is 0 Å². The Bertz CT molecular complexity index is 735. The van der Waals surface area contributed by atoms with Crippen molar-refractivity contribution >= 4 is 0 Å². The van der Waals surface area contributed by atoms with Crippen LogP contribution in [0.15, 0.2) is 6.07 Å². The Hall–Kier alpha value is -0.980. The van der Waals surface area contributed by atoms with Crippen LogP contribution in [0.3, 0.4) is 0 Å². The van der Waals surface area contributed by atoms with Gasteiger partial charge in [0.2, 0.25) is 0 Å². The third kappa shape index (κ3) is 20.6. The standard InChI is InChI=1S/C42H78O/c1-5-9-13-17-21-25-29-33-38-37-42(43)41(36-32-28-24-20-16-12-8-4)40(35-31-27-23-19-15-11-7-3)39(38)34-30-26-22-18-14-10-6-2/h37,43H,5-36H2,1-4H3. The van der Waals surface area contributed by atoms with Gasteiger partial charge < -0.3 is 5.11 Å². The maximum absolute atomic E-state index is 11.5. The van der Waals surface area contributed by atoms with Crippen molar-refractivity contribution in [3.05, 3.63) is 28.3 Å². The van der Waals surface area contributed by atoms with Crippen molar-refractivity contribution in [3.8, 4) is 5.75 Å². The molecule has 1 N–H and O–H groups in total. The Labute approximate surface area is 271 Å². The fourth-order valence-electron chi connectivity index (χ4n) is 7.03. The summed E-state index contributed by atoms with van der Waals surface area (Å²) < 4.78 is 0. The second-order valence-electron chi connectivity index (χ2n) is 14.0. The monoisotopic (exact) mass is 599 g/mol. The molecule has 0 fully saturated rings. The van der Waals surface area contributed by atoms with Crippen molar-refractivity contribution in [1.82, 2.24) is 0 Å². The minimum atomic E-state index is 0.630. The van der Waals surface area contributed by atoms with Crippen LogP contribution in [0, 0.1) is 0 Å². The lowest BCUT2D eigenvalue weighted by Gasteiger charge is -2.21. The van der Waals surface area contributed by atoms with E-state index >= 15 is 0 Å². The number of hydrogen-bond donors (Lipinski definition) is 1. The number of benzene rings is 1. The number of aryl methyl sites for hydroxylation is 1. The van der Waals surface area contributed by atoms with Crippen molar-refractivity contribution in [2.24, 2.45) is 0 Å².